The van der Waals surface area contributed by atoms with E-state index in [4.69, 9.17) is 0 Å². The Balaban J connectivity index is 1.60. The molecule has 0 spiro atoms. The number of halogens is 1. The Morgan fingerprint density at radius 2 is 1.97 bits per heavy atom. The van der Waals surface area contributed by atoms with Gasteiger partial charge >= 0.3 is 0 Å². The lowest BCUT2D eigenvalue weighted by Crippen LogP contribution is -2.46. The van der Waals surface area contributed by atoms with Gasteiger partial charge in [-0.3, -0.25) is 14.6 Å². The normalized spacial score (nSPS) is 15.1. The molecule has 2 heterocycles. The Morgan fingerprint density at radius 1 is 1.21 bits per heavy atom. The van der Waals surface area contributed by atoms with E-state index in [2.05, 4.69) is 22.2 Å². The van der Waals surface area contributed by atoms with Gasteiger partial charge in [0.1, 0.15) is 5.82 Å². The molecule has 1 N–H and O–H groups in total. The fourth-order valence-corrected chi connectivity index (χ4v) is 3.58. The zero-order valence-corrected chi connectivity index (χ0v) is 16.7. The number of rotatable bonds is 7. The molecule has 29 heavy (non-hydrogen) atoms. The second-order valence-electron chi connectivity index (χ2n) is 7.40. The van der Waals surface area contributed by atoms with Gasteiger partial charge in [0.15, 0.2) is 0 Å². The van der Waals surface area contributed by atoms with Crippen LogP contribution >= 0.6 is 0 Å². The van der Waals surface area contributed by atoms with Gasteiger partial charge in [-0.2, -0.15) is 0 Å². The first kappa shape index (κ1) is 20.9. The molecule has 154 valence electrons. The van der Waals surface area contributed by atoms with E-state index in [-0.39, 0.29) is 30.5 Å². The Labute approximate surface area is 170 Å². The molecule has 0 saturated carbocycles. The van der Waals surface area contributed by atoms with Crippen molar-refractivity contribution in [3.05, 3.63) is 65.7 Å². The lowest BCUT2D eigenvalue weighted by molar-refractivity contribution is -0.135. The predicted molar refractivity (Wildman–Crippen MR) is 109 cm³/mol. The van der Waals surface area contributed by atoms with Crippen LogP contribution in [0.25, 0.3) is 0 Å². The van der Waals surface area contributed by atoms with Crippen molar-refractivity contribution >= 4 is 11.8 Å². The van der Waals surface area contributed by atoms with Gasteiger partial charge < -0.3 is 15.1 Å². The Hall–Kier alpha value is -2.80. The number of nitrogens with zero attached hydrogens (tertiary/aromatic N) is 3. The summed E-state index contributed by atoms with van der Waals surface area (Å²) in [7, 11) is 2.09. The summed E-state index contributed by atoms with van der Waals surface area (Å²) < 4.78 is 13.7. The van der Waals surface area contributed by atoms with Gasteiger partial charge in [-0.15, -0.1) is 0 Å². The zero-order valence-electron chi connectivity index (χ0n) is 16.7. The molecule has 3 rings (SSSR count). The molecule has 0 atom stereocenters. The number of benzene rings is 1. The summed E-state index contributed by atoms with van der Waals surface area (Å²) in [6.07, 6.45) is 5.50. The van der Waals surface area contributed by atoms with Crippen molar-refractivity contribution in [3.8, 4) is 0 Å². The fraction of sp³-hybridized carbons (Fsp3) is 0.409. The molecule has 1 fully saturated rings. The number of hydrogen-bond acceptors (Lipinski definition) is 4. The minimum absolute atomic E-state index is 0.0116. The third-order valence-electron chi connectivity index (χ3n) is 5.27. The van der Waals surface area contributed by atoms with E-state index in [0.717, 1.165) is 31.5 Å². The highest BCUT2D eigenvalue weighted by Crippen LogP contribution is 2.19. The molecule has 6 nitrogen and oxygen atoms in total. The van der Waals surface area contributed by atoms with Gasteiger partial charge in [0, 0.05) is 37.9 Å². The molecular formula is C22H27FN4O2. The summed E-state index contributed by atoms with van der Waals surface area (Å²) in [6.45, 7) is 2.57. The minimum Gasteiger partial charge on any atom is -0.351 e. The molecule has 0 aliphatic carbocycles. The van der Waals surface area contributed by atoms with Gasteiger partial charge in [0.2, 0.25) is 5.91 Å². The number of carbonyl (C=O) groups excluding carboxylic acids is 2. The van der Waals surface area contributed by atoms with Crippen molar-refractivity contribution in [3.63, 3.8) is 0 Å². The molecule has 7 heteroatoms. The van der Waals surface area contributed by atoms with E-state index in [1.54, 1.807) is 18.5 Å². The molecular weight excluding hydrogens is 371 g/mol. The van der Waals surface area contributed by atoms with Crippen LogP contribution in [0.5, 0.6) is 0 Å². The first-order valence-corrected chi connectivity index (χ1v) is 9.94. The third kappa shape index (κ3) is 5.84. The van der Waals surface area contributed by atoms with Crippen LogP contribution < -0.4 is 5.32 Å². The molecule has 2 aromatic rings. The average molecular weight is 398 g/mol. The standard InChI is InChI=1S/C22H27FN4O2/c1-26-13-9-18(10-14-26)27(16-17-5-4-11-24-15-17)21(28)8-12-25-22(29)19-6-2-3-7-20(19)23/h2-7,11,15,18H,8-10,12-14,16H2,1H3,(H,25,29). The van der Waals surface area contributed by atoms with E-state index in [9.17, 15) is 14.0 Å². The third-order valence-corrected chi connectivity index (χ3v) is 5.27. The van der Waals surface area contributed by atoms with Gasteiger partial charge in [0.25, 0.3) is 5.91 Å². The van der Waals surface area contributed by atoms with Crippen LogP contribution in [0.4, 0.5) is 4.39 Å². The summed E-state index contributed by atoms with van der Waals surface area (Å²) in [5.74, 6) is -1.09. The smallest absolute Gasteiger partial charge is 0.254 e. The van der Waals surface area contributed by atoms with Crippen LogP contribution in [0.1, 0.15) is 35.2 Å². The maximum atomic E-state index is 13.7. The van der Waals surface area contributed by atoms with E-state index in [0.29, 0.717) is 6.54 Å². The predicted octanol–water partition coefficient (Wildman–Crippen LogP) is 2.46. The second-order valence-corrected chi connectivity index (χ2v) is 7.40. The molecule has 0 bridgehead atoms. The number of likely N-dealkylation sites (tertiary alicyclic amines) is 1. The van der Waals surface area contributed by atoms with Crippen LogP contribution in [0.15, 0.2) is 48.8 Å². The van der Waals surface area contributed by atoms with Gasteiger partial charge in [-0.05, 0) is 56.7 Å². The Bertz CT molecular complexity index is 823. The number of aromatic nitrogens is 1. The van der Waals surface area contributed by atoms with Crippen molar-refractivity contribution in [1.82, 2.24) is 20.1 Å². The highest BCUT2D eigenvalue weighted by Gasteiger charge is 2.27. The summed E-state index contributed by atoms with van der Waals surface area (Å²) in [6, 6.07) is 9.81. The number of hydrogen-bond donors (Lipinski definition) is 1. The average Bonchev–Trinajstić information content (AvgIpc) is 2.73. The van der Waals surface area contributed by atoms with Crippen molar-refractivity contribution in [2.24, 2.45) is 0 Å². The van der Waals surface area contributed by atoms with Gasteiger partial charge in [-0.25, -0.2) is 4.39 Å². The maximum absolute atomic E-state index is 13.7. The fourth-order valence-electron chi connectivity index (χ4n) is 3.58. The van der Waals surface area contributed by atoms with Crippen LogP contribution in [-0.4, -0.2) is 59.3 Å². The van der Waals surface area contributed by atoms with Crippen LogP contribution in [0.2, 0.25) is 0 Å². The van der Waals surface area contributed by atoms with Crippen molar-refractivity contribution in [2.75, 3.05) is 26.7 Å². The zero-order chi connectivity index (χ0) is 20.6. The molecule has 2 amide bonds. The topological polar surface area (TPSA) is 65.5 Å². The largest absolute Gasteiger partial charge is 0.351 e. The SMILES string of the molecule is CN1CCC(N(Cc2cccnc2)C(=O)CCNC(=O)c2ccccc2F)CC1. The van der Waals surface area contributed by atoms with Gasteiger partial charge in [0.05, 0.1) is 5.56 Å². The quantitative estimate of drug-likeness (QED) is 0.778. The summed E-state index contributed by atoms with van der Waals surface area (Å²) >= 11 is 0. The van der Waals surface area contributed by atoms with E-state index in [1.165, 1.54) is 18.2 Å². The second kappa shape index (κ2) is 10.1. The van der Waals surface area contributed by atoms with E-state index >= 15 is 0 Å². The Morgan fingerprint density at radius 3 is 2.66 bits per heavy atom. The first-order chi connectivity index (χ1) is 14.0. The van der Waals surface area contributed by atoms with Gasteiger partial charge in [-0.1, -0.05) is 18.2 Å². The first-order valence-electron chi connectivity index (χ1n) is 9.94. The molecule has 1 aliphatic heterocycles. The molecule has 1 aromatic carbocycles. The molecule has 0 radical (unpaired) electrons. The van der Waals surface area contributed by atoms with Crippen molar-refractivity contribution in [2.45, 2.75) is 31.8 Å². The Kier molecular flexibility index (Phi) is 7.30. The molecule has 1 aliphatic rings. The van der Waals surface area contributed by atoms with Crippen LogP contribution in [0, 0.1) is 5.82 Å². The number of piperidine rings is 1. The number of carbonyl (C=O) groups is 2. The number of nitrogens with one attached hydrogen (secondary N) is 1. The van der Waals surface area contributed by atoms with Crippen LogP contribution in [-0.2, 0) is 11.3 Å². The molecule has 1 aromatic heterocycles. The molecule has 0 unspecified atom stereocenters. The summed E-state index contributed by atoms with van der Waals surface area (Å²) in [4.78, 5) is 33.4. The highest BCUT2D eigenvalue weighted by atomic mass is 19.1. The van der Waals surface area contributed by atoms with E-state index in [1.807, 2.05) is 17.0 Å². The minimum atomic E-state index is -0.569. The summed E-state index contributed by atoms with van der Waals surface area (Å²) in [5, 5.41) is 2.65. The van der Waals surface area contributed by atoms with Crippen molar-refractivity contribution < 1.29 is 14.0 Å². The highest BCUT2D eigenvalue weighted by molar-refractivity contribution is 5.94. The molecule has 1 saturated heterocycles. The number of amides is 2. The van der Waals surface area contributed by atoms with Crippen LogP contribution in [0.3, 0.4) is 0 Å². The van der Waals surface area contributed by atoms with Crippen molar-refractivity contribution in [1.29, 1.82) is 0 Å². The lowest BCUT2D eigenvalue weighted by Gasteiger charge is -2.37. The number of pyridine rings is 1. The lowest BCUT2D eigenvalue weighted by atomic mass is 10.0. The monoisotopic (exact) mass is 398 g/mol. The maximum Gasteiger partial charge on any atom is 0.254 e. The summed E-state index contributed by atoms with van der Waals surface area (Å²) in [5.41, 5.74) is 0.970. The van der Waals surface area contributed by atoms with E-state index < -0.39 is 11.7 Å².